The molecule has 49 heavy (non-hydrogen) atoms. The normalized spacial score (nSPS) is 11.3. The maximum absolute atomic E-state index is 2.42. The van der Waals surface area contributed by atoms with Crippen LogP contribution in [0, 0.1) is 0 Å². The lowest BCUT2D eigenvalue weighted by atomic mass is 9.85. The summed E-state index contributed by atoms with van der Waals surface area (Å²) in [5, 5.41) is 7.41. The van der Waals surface area contributed by atoms with Crippen molar-refractivity contribution in [3.63, 3.8) is 0 Å². The molecule has 1 heteroatoms. The largest absolute Gasteiger partial charge is 0.310 e. The molecule has 0 fully saturated rings. The van der Waals surface area contributed by atoms with Crippen LogP contribution in [-0.2, 0) is 0 Å². The third-order valence-corrected chi connectivity index (χ3v) is 9.63. The highest BCUT2D eigenvalue weighted by Crippen LogP contribution is 2.47. The molecule has 0 aliphatic carbocycles. The molecule has 9 rings (SSSR count). The molecule has 0 aliphatic heterocycles. The summed E-state index contributed by atoms with van der Waals surface area (Å²) in [5.74, 6) is 0. The number of fused-ring (bicyclic) bond motifs is 3. The number of benzene rings is 9. The predicted octanol–water partition coefficient (Wildman–Crippen LogP) is 13.6. The van der Waals surface area contributed by atoms with Crippen LogP contribution in [0.1, 0.15) is 0 Å². The van der Waals surface area contributed by atoms with Crippen molar-refractivity contribution in [1.29, 1.82) is 0 Å². The van der Waals surface area contributed by atoms with E-state index < -0.39 is 0 Å². The smallest absolute Gasteiger partial charge is 0.0540 e. The lowest BCUT2D eigenvalue weighted by Gasteiger charge is -2.28. The van der Waals surface area contributed by atoms with Crippen LogP contribution >= 0.6 is 0 Å². The molecule has 0 heterocycles. The number of rotatable bonds is 6. The lowest BCUT2D eigenvalue weighted by molar-refractivity contribution is 1.30. The van der Waals surface area contributed by atoms with E-state index in [9.17, 15) is 0 Å². The van der Waals surface area contributed by atoms with E-state index in [2.05, 4.69) is 205 Å². The Kier molecular flexibility index (Phi) is 7.22. The van der Waals surface area contributed by atoms with Crippen LogP contribution in [0.15, 0.2) is 200 Å². The van der Waals surface area contributed by atoms with Gasteiger partial charge in [-0.3, -0.25) is 0 Å². The molecule has 0 spiro atoms. The molecule has 0 saturated carbocycles. The highest BCUT2D eigenvalue weighted by Gasteiger charge is 2.20. The highest BCUT2D eigenvalue weighted by molar-refractivity contribution is 6.22. The van der Waals surface area contributed by atoms with Gasteiger partial charge >= 0.3 is 0 Å². The molecule has 9 aromatic rings. The standard InChI is InChI=1S/C48H33N/c1-4-15-34(16-5-1)35-27-29-39(30-28-35)49(46-26-14-22-36-17-10-11-23-41(36)46)40-31-32-44-45(33-40)48(38-20-8-3-9-21-38)43-25-13-12-24-42(43)47(44)37-18-6-2-7-19-37/h1-33H. The molecule has 0 N–H and O–H groups in total. The molecule has 230 valence electrons. The van der Waals surface area contributed by atoms with Gasteiger partial charge in [0.05, 0.1) is 5.69 Å². The Bertz CT molecular complexity index is 2570. The summed E-state index contributed by atoms with van der Waals surface area (Å²) in [6.07, 6.45) is 0. The van der Waals surface area contributed by atoms with Crippen LogP contribution in [0.4, 0.5) is 17.1 Å². The van der Waals surface area contributed by atoms with E-state index in [1.165, 1.54) is 65.7 Å². The minimum Gasteiger partial charge on any atom is -0.310 e. The van der Waals surface area contributed by atoms with Gasteiger partial charge in [-0.1, -0.05) is 170 Å². The maximum atomic E-state index is 2.42. The van der Waals surface area contributed by atoms with Crippen LogP contribution in [-0.4, -0.2) is 0 Å². The van der Waals surface area contributed by atoms with E-state index in [0.717, 1.165) is 17.1 Å². The minimum absolute atomic E-state index is 1.11. The minimum atomic E-state index is 1.11. The fourth-order valence-corrected chi connectivity index (χ4v) is 7.40. The summed E-state index contributed by atoms with van der Waals surface area (Å²) >= 11 is 0. The second-order valence-electron chi connectivity index (χ2n) is 12.5. The van der Waals surface area contributed by atoms with E-state index in [0.29, 0.717) is 0 Å². The molecule has 0 aliphatic rings. The second-order valence-corrected chi connectivity index (χ2v) is 12.5. The van der Waals surface area contributed by atoms with Crippen molar-refractivity contribution in [3.8, 4) is 33.4 Å². The molecule has 0 unspecified atom stereocenters. The fraction of sp³-hybridized carbons (Fsp3) is 0. The molecule has 0 radical (unpaired) electrons. The molecule has 0 bridgehead atoms. The van der Waals surface area contributed by atoms with Gasteiger partial charge in [0.2, 0.25) is 0 Å². The van der Waals surface area contributed by atoms with Crippen LogP contribution in [0.3, 0.4) is 0 Å². The van der Waals surface area contributed by atoms with Gasteiger partial charge in [-0.05, 0) is 90.6 Å². The maximum Gasteiger partial charge on any atom is 0.0540 e. The van der Waals surface area contributed by atoms with Gasteiger partial charge in [0.25, 0.3) is 0 Å². The molecule has 0 aromatic heterocycles. The zero-order valence-electron chi connectivity index (χ0n) is 27.0. The third-order valence-electron chi connectivity index (χ3n) is 9.63. The molecular formula is C48H33N. The Morgan fingerprint density at radius 1 is 0.265 bits per heavy atom. The first kappa shape index (κ1) is 28.8. The van der Waals surface area contributed by atoms with Crippen molar-refractivity contribution in [3.05, 3.63) is 200 Å². The van der Waals surface area contributed by atoms with Gasteiger partial charge in [-0.2, -0.15) is 0 Å². The van der Waals surface area contributed by atoms with Gasteiger partial charge in [0, 0.05) is 16.8 Å². The van der Waals surface area contributed by atoms with Crippen molar-refractivity contribution in [2.24, 2.45) is 0 Å². The Labute approximate surface area is 287 Å². The number of hydrogen-bond acceptors (Lipinski definition) is 1. The van der Waals surface area contributed by atoms with Gasteiger partial charge in [0.1, 0.15) is 0 Å². The van der Waals surface area contributed by atoms with E-state index >= 15 is 0 Å². The van der Waals surface area contributed by atoms with Crippen molar-refractivity contribution in [2.75, 3.05) is 4.90 Å². The van der Waals surface area contributed by atoms with E-state index in [1.807, 2.05) is 0 Å². The van der Waals surface area contributed by atoms with Crippen molar-refractivity contribution < 1.29 is 0 Å². The van der Waals surface area contributed by atoms with Crippen molar-refractivity contribution in [1.82, 2.24) is 0 Å². The fourth-order valence-electron chi connectivity index (χ4n) is 7.40. The first-order valence-corrected chi connectivity index (χ1v) is 16.9. The van der Waals surface area contributed by atoms with E-state index in [-0.39, 0.29) is 0 Å². The Balaban J connectivity index is 1.35. The number of hydrogen-bond donors (Lipinski definition) is 0. The molecular weight excluding hydrogens is 591 g/mol. The first-order chi connectivity index (χ1) is 24.3. The average molecular weight is 624 g/mol. The summed E-state index contributed by atoms with van der Waals surface area (Å²) in [7, 11) is 0. The molecule has 0 amide bonds. The van der Waals surface area contributed by atoms with E-state index in [1.54, 1.807) is 0 Å². The third kappa shape index (κ3) is 5.13. The highest BCUT2D eigenvalue weighted by atomic mass is 15.1. The molecule has 0 atom stereocenters. The number of nitrogens with zero attached hydrogens (tertiary/aromatic N) is 1. The van der Waals surface area contributed by atoms with Crippen LogP contribution < -0.4 is 4.90 Å². The second kappa shape index (κ2) is 12.3. The quantitative estimate of drug-likeness (QED) is 0.167. The van der Waals surface area contributed by atoms with E-state index in [4.69, 9.17) is 0 Å². The summed E-state index contributed by atoms with van der Waals surface area (Å²) in [5.41, 5.74) is 10.7. The van der Waals surface area contributed by atoms with Gasteiger partial charge < -0.3 is 4.90 Å². The Morgan fingerprint density at radius 3 is 1.35 bits per heavy atom. The Hall–Kier alpha value is -6.44. The predicted molar refractivity (Wildman–Crippen MR) is 210 cm³/mol. The summed E-state index contributed by atoms with van der Waals surface area (Å²) in [4.78, 5) is 2.42. The van der Waals surface area contributed by atoms with Crippen LogP contribution in [0.2, 0.25) is 0 Å². The van der Waals surface area contributed by atoms with Crippen molar-refractivity contribution >= 4 is 49.4 Å². The zero-order valence-corrected chi connectivity index (χ0v) is 27.0. The van der Waals surface area contributed by atoms with Crippen LogP contribution in [0.5, 0.6) is 0 Å². The first-order valence-electron chi connectivity index (χ1n) is 16.9. The zero-order chi connectivity index (χ0) is 32.6. The average Bonchev–Trinajstić information content (AvgIpc) is 3.18. The molecule has 0 saturated heterocycles. The lowest BCUT2D eigenvalue weighted by Crippen LogP contribution is -2.10. The summed E-state index contributed by atoms with van der Waals surface area (Å²) < 4.78 is 0. The summed E-state index contributed by atoms with van der Waals surface area (Å²) in [6.45, 7) is 0. The van der Waals surface area contributed by atoms with Crippen molar-refractivity contribution in [2.45, 2.75) is 0 Å². The summed E-state index contributed by atoms with van der Waals surface area (Å²) in [6, 6.07) is 72.4. The van der Waals surface area contributed by atoms with Gasteiger partial charge in [0.15, 0.2) is 0 Å². The monoisotopic (exact) mass is 623 g/mol. The van der Waals surface area contributed by atoms with Gasteiger partial charge in [-0.15, -0.1) is 0 Å². The molecule has 9 aromatic carbocycles. The van der Waals surface area contributed by atoms with Gasteiger partial charge in [-0.25, -0.2) is 0 Å². The topological polar surface area (TPSA) is 3.24 Å². The SMILES string of the molecule is c1ccc(-c2ccc(N(c3ccc4c(-c5ccccc5)c5ccccc5c(-c5ccccc5)c4c3)c3cccc4ccccc34)cc2)cc1. The number of anilines is 3. The van der Waals surface area contributed by atoms with Crippen LogP contribution in [0.25, 0.3) is 65.7 Å². The molecule has 1 nitrogen and oxygen atoms in total. The Morgan fingerprint density at radius 2 is 0.714 bits per heavy atom.